The fraction of sp³-hybridized carbons (Fsp3) is 0.438. The Morgan fingerprint density at radius 1 is 1.00 bits per heavy atom. The van der Waals surface area contributed by atoms with Crippen molar-refractivity contribution in [3.63, 3.8) is 0 Å². The summed E-state index contributed by atoms with van der Waals surface area (Å²) in [6.45, 7) is 1.79. The number of likely N-dealkylation sites (tertiary alicyclic amines) is 1. The predicted molar refractivity (Wildman–Crippen MR) is 79.6 cm³/mol. The molecule has 102 valence electrons. The largest absolute Gasteiger partial charge is 0.399 e. The molecule has 0 bridgehead atoms. The second kappa shape index (κ2) is 6.98. The number of hydrogen-bond acceptors (Lipinski definition) is 2. The summed E-state index contributed by atoms with van der Waals surface area (Å²) < 4.78 is 0. The van der Waals surface area contributed by atoms with Crippen molar-refractivity contribution in [3.8, 4) is 0 Å². The molecule has 0 radical (unpaired) electrons. The Balaban J connectivity index is 1.93. The highest BCUT2D eigenvalue weighted by atomic mass is 16.2. The van der Waals surface area contributed by atoms with Gasteiger partial charge in [-0.2, -0.15) is 0 Å². The van der Waals surface area contributed by atoms with Crippen LogP contribution >= 0.6 is 0 Å². The van der Waals surface area contributed by atoms with E-state index in [4.69, 9.17) is 5.73 Å². The Labute approximate surface area is 115 Å². The van der Waals surface area contributed by atoms with E-state index in [0.717, 1.165) is 37.2 Å². The number of amides is 1. The molecule has 0 unspecified atom stereocenters. The van der Waals surface area contributed by atoms with E-state index in [-0.39, 0.29) is 5.91 Å². The van der Waals surface area contributed by atoms with Gasteiger partial charge in [-0.05, 0) is 36.6 Å². The van der Waals surface area contributed by atoms with Crippen molar-refractivity contribution in [3.05, 3.63) is 35.9 Å². The van der Waals surface area contributed by atoms with Crippen molar-refractivity contribution in [1.29, 1.82) is 0 Å². The summed E-state index contributed by atoms with van der Waals surface area (Å²) >= 11 is 0. The molecule has 2 rings (SSSR count). The summed E-state index contributed by atoms with van der Waals surface area (Å²) in [5.74, 6) is 0.124. The molecule has 19 heavy (non-hydrogen) atoms. The molecular weight excluding hydrogens is 236 g/mol. The van der Waals surface area contributed by atoms with Gasteiger partial charge in [0, 0.05) is 24.9 Å². The van der Waals surface area contributed by atoms with Crippen molar-refractivity contribution in [1.82, 2.24) is 4.90 Å². The van der Waals surface area contributed by atoms with Gasteiger partial charge in [0.15, 0.2) is 0 Å². The second-order valence-electron chi connectivity index (χ2n) is 5.09. The molecule has 0 saturated carbocycles. The Morgan fingerprint density at radius 2 is 1.58 bits per heavy atom. The van der Waals surface area contributed by atoms with E-state index >= 15 is 0 Å². The molecule has 1 aromatic carbocycles. The predicted octanol–water partition coefficient (Wildman–Crippen LogP) is 3.07. The number of carbonyl (C=O) groups is 1. The first-order valence-corrected chi connectivity index (χ1v) is 7.08. The molecule has 3 nitrogen and oxygen atoms in total. The summed E-state index contributed by atoms with van der Waals surface area (Å²) in [4.78, 5) is 14.1. The third-order valence-electron chi connectivity index (χ3n) is 3.52. The summed E-state index contributed by atoms with van der Waals surface area (Å²) in [6.07, 6.45) is 9.58. The third kappa shape index (κ3) is 4.43. The molecule has 2 N–H and O–H groups in total. The number of nitrogens with zero attached hydrogens (tertiary/aromatic N) is 1. The second-order valence-corrected chi connectivity index (χ2v) is 5.09. The monoisotopic (exact) mass is 258 g/mol. The first kappa shape index (κ1) is 13.7. The number of hydrogen-bond donors (Lipinski definition) is 1. The molecule has 3 heteroatoms. The van der Waals surface area contributed by atoms with Crippen LogP contribution in [0.25, 0.3) is 6.08 Å². The fourth-order valence-electron chi connectivity index (χ4n) is 2.35. The van der Waals surface area contributed by atoms with E-state index in [2.05, 4.69) is 0 Å². The van der Waals surface area contributed by atoms with Crippen molar-refractivity contribution in [2.24, 2.45) is 0 Å². The van der Waals surface area contributed by atoms with Crippen molar-refractivity contribution < 1.29 is 4.79 Å². The molecule has 1 fully saturated rings. The maximum atomic E-state index is 12.1. The number of nitrogen functional groups attached to an aromatic ring is 1. The van der Waals surface area contributed by atoms with Crippen LogP contribution in [0.2, 0.25) is 0 Å². The maximum Gasteiger partial charge on any atom is 0.246 e. The van der Waals surface area contributed by atoms with E-state index in [1.54, 1.807) is 6.08 Å². The van der Waals surface area contributed by atoms with Gasteiger partial charge in [-0.15, -0.1) is 0 Å². The zero-order valence-corrected chi connectivity index (χ0v) is 11.3. The average Bonchev–Trinajstić information content (AvgIpc) is 2.37. The molecule has 1 aliphatic rings. The van der Waals surface area contributed by atoms with Gasteiger partial charge in [0.1, 0.15) is 0 Å². The van der Waals surface area contributed by atoms with Crippen LogP contribution in [0.4, 0.5) is 5.69 Å². The van der Waals surface area contributed by atoms with Crippen LogP contribution in [-0.4, -0.2) is 23.9 Å². The highest BCUT2D eigenvalue weighted by Crippen LogP contribution is 2.12. The highest BCUT2D eigenvalue weighted by Gasteiger charge is 2.11. The molecule has 0 aliphatic carbocycles. The highest BCUT2D eigenvalue weighted by molar-refractivity contribution is 5.91. The fourth-order valence-corrected chi connectivity index (χ4v) is 2.35. The van der Waals surface area contributed by atoms with E-state index in [9.17, 15) is 4.79 Å². The van der Waals surface area contributed by atoms with Crippen LogP contribution in [0.15, 0.2) is 30.3 Å². The summed E-state index contributed by atoms with van der Waals surface area (Å²) in [6, 6.07) is 7.54. The molecule has 1 aromatic rings. The van der Waals surface area contributed by atoms with Gasteiger partial charge in [0.05, 0.1) is 0 Å². The smallest absolute Gasteiger partial charge is 0.246 e. The lowest BCUT2D eigenvalue weighted by molar-refractivity contribution is -0.126. The quantitative estimate of drug-likeness (QED) is 0.654. The summed E-state index contributed by atoms with van der Waals surface area (Å²) in [5, 5.41) is 0. The van der Waals surface area contributed by atoms with Gasteiger partial charge >= 0.3 is 0 Å². The molecule has 0 atom stereocenters. The molecule has 1 saturated heterocycles. The molecule has 1 heterocycles. The van der Waals surface area contributed by atoms with E-state index in [1.807, 2.05) is 35.2 Å². The van der Waals surface area contributed by atoms with Crippen LogP contribution < -0.4 is 5.73 Å². The third-order valence-corrected chi connectivity index (χ3v) is 3.52. The topological polar surface area (TPSA) is 46.3 Å². The lowest BCUT2D eigenvalue weighted by Crippen LogP contribution is -2.32. The first-order valence-electron chi connectivity index (χ1n) is 7.08. The number of carbonyl (C=O) groups excluding carboxylic acids is 1. The molecule has 0 spiro atoms. The van der Waals surface area contributed by atoms with Crippen molar-refractivity contribution in [2.45, 2.75) is 32.1 Å². The Hall–Kier alpha value is -1.77. The molecule has 1 amide bonds. The Bertz CT molecular complexity index is 429. The van der Waals surface area contributed by atoms with Crippen molar-refractivity contribution in [2.75, 3.05) is 18.8 Å². The van der Waals surface area contributed by atoms with Gasteiger partial charge in [0.2, 0.25) is 5.91 Å². The van der Waals surface area contributed by atoms with Crippen LogP contribution in [0.1, 0.15) is 37.7 Å². The number of benzene rings is 1. The van der Waals surface area contributed by atoms with E-state index in [0.29, 0.717) is 0 Å². The standard InChI is InChI=1S/C16H22N2O/c17-15-9-6-14(7-10-15)8-11-16(19)18-12-4-2-1-3-5-13-18/h6-11H,1-5,12-13,17H2/b11-8+. The molecular formula is C16H22N2O. The number of nitrogens with two attached hydrogens (primary N) is 1. The summed E-state index contributed by atoms with van der Waals surface area (Å²) in [7, 11) is 0. The zero-order chi connectivity index (χ0) is 13.5. The van der Waals surface area contributed by atoms with Crippen LogP contribution in [0.3, 0.4) is 0 Å². The van der Waals surface area contributed by atoms with Gasteiger partial charge in [-0.3, -0.25) is 4.79 Å². The minimum atomic E-state index is 0.124. The lowest BCUT2D eigenvalue weighted by atomic mass is 10.1. The Morgan fingerprint density at radius 3 is 2.21 bits per heavy atom. The van der Waals surface area contributed by atoms with Crippen LogP contribution in [0, 0.1) is 0 Å². The number of anilines is 1. The SMILES string of the molecule is Nc1ccc(/C=C/C(=O)N2CCCCCCC2)cc1. The number of rotatable bonds is 2. The normalized spacial score (nSPS) is 17.2. The van der Waals surface area contributed by atoms with Gasteiger partial charge in [-0.25, -0.2) is 0 Å². The van der Waals surface area contributed by atoms with Crippen molar-refractivity contribution >= 4 is 17.7 Å². The van der Waals surface area contributed by atoms with Crippen LogP contribution in [0.5, 0.6) is 0 Å². The van der Waals surface area contributed by atoms with Gasteiger partial charge in [0.25, 0.3) is 0 Å². The molecule has 0 aromatic heterocycles. The van der Waals surface area contributed by atoms with Gasteiger partial charge < -0.3 is 10.6 Å². The zero-order valence-electron chi connectivity index (χ0n) is 11.3. The average molecular weight is 258 g/mol. The minimum absolute atomic E-state index is 0.124. The maximum absolute atomic E-state index is 12.1. The summed E-state index contributed by atoms with van der Waals surface area (Å²) in [5.41, 5.74) is 7.38. The van der Waals surface area contributed by atoms with E-state index in [1.165, 1.54) is 19.3 Å². The van der Waals surface area contributed by atoms with Crippen LogP contribution in [-0.2, 0) is 4.79 Å². The lowest BCUT2D eigenvalue weighted by Gasteiger charge is -2.23. The van der Waals surface area contributed by atoms with Gasteiger partial charge in [-0.1, -0.05) is 31.4 Å². The molecule has 1 aliphatic heterocycles. The Kier molecular flexibility index (Phi) is 5.01. The van der Waals surface area contributed by atoms with E-state index < -0.39 is 0 Å². The first-order chi connectivity index (χ1) is 9.25. The minimum Gasteiger partial charge on any atom is -0.399 e.